The molecule has 3 nitrogen and oxygen atoms in total. The smallest absolute Gasteiger partial charge is 0.325 e. The van der Waals surface area contributed by atoms with E-state index in [1.165, 1.54) is 0 Å². The third-order valence-corrected chi connectivity index (χ3v) is 2.45. The van der Waals surface area contributed by atoms with Gasteiger partial charge in [0, 0.05) is 0 Å². The summed E-state index contributed by atoms with van der Waals surface area (Å²) in [6, 6.07) is 8.67. The third kappa shape index (κ3) is 4.03. The fraction of sp³-hybridized carbons (Fsp3) is 0.462. The van der Waals surface area contributed by atoms with Gasteiger partial charge in [0.05, 0.1) is 0 Å². The van der Waals surface area contributed by atoms with Crippen LogP contribution in [0.1, 0.15) is 31.9 Å². The normalized spacial score (nSPS) is 12.7. The molecule has 0 aliphatic carbocycles. The predicted octanol–water partition coefficient (Wildman–Crippen LogP) is 2.45. The van der Waals surface area contributed by atoms with Crippen molar-refractivity contribution in [3.05, 3.63) is 35.9 Å². The summed E-state index contributed by atoms with van der Waals surface area (Å²) in [6.45, 7) is 4.98. The molecule has 1 aromatic rings. The molecule has 0 saturated carbocycles. The molecule has 1 aromatic carbocycles. The maximum absolute atomic E-state index is 11.1. The molecule has 3 heteroatoms. The number of rotatable bonds is 6. The zero-order chi connectivity index (χ0) is 12.0. The number of nitrogens with one attached hydrogen (secondary N) is 1. The summed E-state index contributed by atoms with van der Waals surface area (Å²) in [5.41, 5.74) is 0.804. The minimum Gasteiger partial charge on any atom is -0.480 e. The highest BCUT2D eigenvalue weighted by Gasteiger charge is 2.18. The van der Waals surface area contributed by atoms with Gasteiger partial charge < -0.3 is 10.4 Å². The van der Waals surface area contributed by atoms with Gasteiger partial charge in [0.1, 0.15) is 6.04 Å². The van der Waals surface area contributed by atoms with Crippen molar-refractivity contribution >= 4 is 5.97 Å². The first kappa shape index (κ1) is 12.7. The Morgan fingerprint density at radius 1 is 1.31 bits per heavy atom. The summed E-state index contributed by atoms with van der Waals surface area (Å²) in [6.07, 6.45) is 0.983. The van der Waals surface area contributed by atoms with Crippen LogP contribution >= 0.6 is 0 Å². The molecule has 88 valence electrons. The van der Waals surface area contributed by atoms with E-state index in [-0.39, 0.29) is 0 Å². The first-order chi connectivity index (χ1) is 7.61. The van der Waals surface area contributed by atoms with Crippen molar-refractivity contribution in [2.75, 3.05) is 6.54 Å². The van der Waals surface area contributed by atoms with Gasteiger partial charge >= 0.3 is 5.97 Å². The van der Waals surface area contributed by atoms with Crippen molar-refractivity contribution in [3.63, 3.8) is 0 Å². The lowest BCUT2D eigenvalue weighted by Crippen LogP contribution is -2.29. The van der Waals surface area contributed by atoms with Gasteiger partial charge in [-0.25, -0.2) is 0 Å². The number of hydrogen-bond acceptors (Lipinski definition) is 2. The topological polar surface area (TPSA) is 49.3 Å². The molecule has 0 radical (unpaired) electrons. The molecule has 0 spiro atoms. The Labute approximate surface area is 96.5 Å². The van der Waals surface area contributed by atoms with Crippen LogP contribution in [0.4, 0.5) is 0 Å². The molecule has 0 unspecified atom stereocenters. The lowest BCUT2D eigenvalue weighted by atomic mass is 10.1. The lowest BCUT2D eigenvalue weighted by molar-refractivity contribution is -0.139. The van der Waals surface area contributed by atoms with Crippen molar-refractivity contribution in [1.82, 2.24) is 5.32 Å². The van der Waals surface area contributed by atoms with Gasteiger partial charge in [-0.05, 0) is 24.4 Å². The van der Waals surface area contributed by atoms with E-state index in [4.69, 9.17) is 5.11 Å². The zero-order valence-corrected chi connectivity index (χ0v) is 9.81. The van der Waals surface area contributed by atoms with Crippen molar-refractivity contribution in [2.24, 2.45) is 5.92 Å². The van der Waals surface area contributed by atoms with E-state index in [2.05, 4.69) is 19.2 Å². The first-order valence-electron chi connectivity index (χ1n) is 5.62. The highest BCUT2D eigenvalue weighted by Crippen LogP contribution is 2.12. The van der Waals surface area contributed by atoms with E-state index in [9.17, 15) is 4.79 Å². The molecule has 1 atom stereocenters. The average Bonchev–Trinajstić information content (AvgIpc) is 2.25. The number of hydrogen-bond donors (Lipinski definition) is 2. The van der Waals surface area contributed by atoms with E-state index < -0.39 is 12.0 Å². The Balaban J connectivity index is 2.59. The van der Waals surface area contributed by atoms with Gasteiger partial charge in [-0.2, -0.15) is 0 Å². The van der Waals surface area contributed by atoms with Crippen LogP contribution in [-0.4, -0.2) is 17.6 Å². The van der Waals surface area contributed by atoms with Crippen LogP contribution in [0.15, 0.2) is 30.3 Å². The summed E-state index contributed by atoms with van der Waals surface area (Å²) in [5, 5.41) is 12.2. The van der Waals surface area contributed by atoms with E-state index in [1.54, 1.807) is 0 Å². The third-order valence-electron chi connectivity index (χ3n) is 2.45. The van der Waals surface area contributed by atoms with Crippen LogP contribution < -0.4 is 5.32 Å². The Kier molecular flexibility index (Phi) is 4.99. The number of benzene rings is 1. The minimum atomic E-state index is -0.824. The van der Waals surface area contributed by atoms with Crippen LogP contribution in [-0.2, 0) is 4.79 Å². The second kappa shape index (κ2) is 6.28. The van der Waals surface area contributed by atoms with Gasteiger partial charge in [0.25, 0.3) is 0 Å². The fourth-order valence-corrected chi connectivity index (χ4v) is 1.51. The standard InChI is InChI=1S/C13H19NO2/c1-10(2)8-9-14-12(13(15)16)11-6-4-3-5-7-11/h3-7,10,12,14H,8-9H2,1-2H3,(H,15,16)/t12-/m0/s1. The predicted molar refractivity (Wildman–Crippen MR) is 64.3 cm³/mol. The Hall–Kier alpha value is -1.35. The molecule has 2 N–H and O–H groups in total. The second-order valence-electron chi connectivity index (χ2n) is 4.32. The van der Waals surface area contributed by atoms with E-state index >= 15 is 0 Å². The quantitative estimate of drug-likeness (QED) is 0.775. The van der Waals surface area contributed by atoms with E-state index in [1.807, 2.05) is 30.3 Å². The van der Waals surface area contributed by atoms with Gasteiger partial charge in [-0.1, -0.05) is 44.2 Å². The fourth-order valence-electron chi connectivity index (χ4n) is 1.51. The number of carbonyl (C=O) groups is 1. The zero-order valence-electron chi connectivity index (χ0n) is 9.81. The van der Waals surface area contributed by atoms with Crippen molar-refractivity contribution < 1.29 is 9.90 Å². The number of aliphatic carboxylic acids is 1. The molecule has 0 aliphatic heterocycles. The maximum Gasteiger partial charge on any atom is 0.325 e. The average molecular weight is 221 g/mol. The SMILES string of the molecule is CC(C)CCN[C@H](C(=O)O)c1ccccc1. The summed E-state index contributed by atoms with van der Waals surface area (Å²) in [4.78, 5) is 11.1. The molecule has 0 aliphatic rings. The Morgan fingerprint density at radius 2 is 1.94 bits per heavy atom. The highest BCUT2D eigenvalue weighted by molar-refractivity contribution is 5.75. The summed E-state index contributed by atoms with van der Waals surface area (Å²) in [7, 11) is 0. The van der Waals surface area contributed by atoms with E-state index in [0.717, 1.165) is 18.5 Å². The molecule has 16 heavy (non-hydrogen) atoms. The molecular weight excluding hydrogens is 202 g/mol. The monoisotopic (exact) mass is 221 g/mol. The molecule has 0 saturated heterocycles. The Morgan fingerprint density at radius 3 is 2.44 bits per heavy atom. The summed E-state index contributed by atoms with van der Waals surface area (Å²) in [5.74, 6) is -0.243. The highest BCUT2D eigenvalue weighted by atomic mass is 16.4. The van der Waals surface area contributed by atoms with Crippen LogP contribution in [0.25, 0.3) is 0 Å². The Bertz CT molecular complexity index is 322. The lowest BCUT2D eigenvalue weighted by Gasteiger charge is -2.15. The van der Waals surface area contributed by atoms with E-state index in [0.29, 0.717) is 5.92 Å². The maximum atomic E-state index is 11.1. The van der Waals surface area contributed by atoms with Crippen molar-refractivity contribution in [3.8, 4) is 0 Å². The van der Waals surface area contributed by atoms with Crippen molar-refractivity contribution in [2.45, 2.75) is 26.3 Å². The van der Waals surface area contributed by atoms with Gasteiger partial charge in [-0.15, -0.1) is 0 Å². The molecular formula is C13H19NO2. The van der Waals surface area contributed by atoms with Crippen LogP contribution in [0.3, 0.4) is 0 Å². The molecule has 0 bridgehead atoms. The summed E-state index contributed by atoms with van der Waals surface area (Å²) < 4.78 is 0. The largest absolute Gasteiger partial charge is 0.480 e. The number of carboxylic acid groups (broad SMARTS) is 1. The van der Waals surface area contributed by atoms with Gasteiger partial charge in [0.15, 0.2) is 0 Å². The van der Waals surface area contributed by atoms with Crippen LogP contribution in [0.2, 0.25) is 0 Å². The van der Waals surface area contributed by atoms with Crippen LogP contribution in [0.5, 0.6) is 0 Å². The molecule has 0 aromatic heterocycles. The first-order valence-corrected chi connectivity index (χ1v) is 5.62. The number of carboxylic acids is 1. The molecule has 0 fully saturated rings. The van der Waals surface area contributed by atoms with Gasteiger partial charge in [0.2, 0.25) is 0 Å². The minimum absolute atomic E-state index is 0.581. The molecule has 0 amide bonds. The van der Waals surface area contributed by atoms with Gasteiger partial charge in [-0.3, -0.25) is 4.79 Å². The molecule has 0 heterocycles. The second-order valence-corrected chi connectivity index (χ2v) is 4.32. The molecule has 1 rings (SSSR count). The summed E-state index contributed by atoms with van der Waals surface area (Å²) >= 11 is 0. The van der Waals surface area contributed by atoms with Crippen molar-refractivity contribution in [1.29, 1.82) is 0 Å². The van der Waals surface area contributed by atoms with Crippen LogP contribution in [0, 0.1) is 5.92 Å².